The van der Waals surface area contributed by atoms with Crippen molar-refractivity contribution >= 4 is 17.7 Å². The fourth-order valence-electron chi connectivity index (χ4n) is 2.55. The number of benzene rings is 1. The molecule has 0 bridgehead atoms. The molecule has 0 aliphatic heterocycles. The van der Waals surface area contributed by atoms with Gasteiger partial charge in [0.1, 0.15) is 0 Å². The monoisotopic (exact) mass is 345 g/mol. The second kappa shape index (κ2) is 7.70. The van der Waals surface area contributed by atoms with Crippen molar-refractivity contribution in [3.05, 3.63) is 41.7 Å². The molecule has 24 heavy (non-hydrogen) atoms. The van der Waals surface area contributed by atoms with Gasteiger partial charge in [0.2, 0.25) is 11.1 Å². The van der Waals surface area contributed by atoms with Gasteiger partial charge in [-0.1, -0.05) is 42.1 Å². The first-order valence-corrected chi connectivity index (χ1v) is 9.28. The Labute approximate surface area is 146 Å². The first-order chi connectivity index (χ1) is 11.6. The van der Waals surface area contributed by atoms with E-state index in [1.807, 2.05) is 25.1 Å². The largest absolute Gasteiger partial charge is 0.353 e. The van der Waals surface area contributed by atoms with E-state index in [1.54, 1.807) is 0 Å². The second-order valence-electron chi connectivity index (χ2n) is 6.27. The Bertz CT molecular complexity index is 684. The van der Waals surface area contributed by atoms with Gasteiger partial charge in [0, 0.05) is 12.0 Å². The summed E-state index contributed by atoms with van der Waals surface area (Å²) in [6, 6.07) is 10.4. The van der Waals surface area contributed by atoms with Crippen LogP contribution in [0.5, 0.6) is 0 Å². The minimum atomic E-state index is -0.00321. The van der Waals surface area contributed by atoms with Crippen LogP contribution in [0.25, 0.3) is 0 Å². The van der Waals surface area contributed by atoms with E-state index in [1.165, 1.54) is 22.0 Å². The lowest BCUT2D eigenvalue weighted by molar-refractivity contribution is -0.119. The zero-order valence-corrected chi connectivity index (χ0v) is 14.6. The summed E-state index contributed by atoms with van der Waals surface area (Å²) in [7, 11) is 0. The van der Waals surface area contributed by atoms with Gasteiger partial charge in [0.05, 0.1) is 5.75 Å². The zero-order valence-electron chi connectivity index (χ0n) is 13.8. The number of carbonyl (C=O) groups is 1. The molecule has 0 radical (unpaired) electrons. The van der Waals surface area contributed by atoms with Crippen molar-refractivity contribution in [2.24, 2.45) is 0 Å². The van der Waals surface area contributed by atoms with Crippen LogP contribution in [0.15, 0.2) is 35.5 Å². The molecule has 128 valence electrons. The summed E-state index contributed by atoms with van der Waals surface area (Å²) in [5, 5.41) is 11.8. The Hall–Kier alpha value is -2.02. The van der Waals surface area contributed by atoms with E-state index in [9.17, 15) is 4.79 Å². The summed E-state index contributed by atoms with van der Waals surface area (Å²) < 4.78 is 1.52. The number of hydrogen-bond donors (Lipinski definition) is 2. The van der Waals surface area contributed by atoms with E-state index in [2.05, 4.69) is 27.6 Å². The van der Waals surface area contributed by atoms with Crippen molar-refractivity contribution in [1.29, 1.82) is 0 Å². The predicted octanol–water partition coefficient (Wildman–Crippen LogP) is 2.10. The fraction of sp³-hybridized carbons (Fsp3) is 0.471. The Morgan fingerprint density at radius 3 is 2.83 bits per heavy atom. The van der Waals surface area contributed by atoms with Gasteiger partial charge in [-0.25, -0.2) is 4.68 Å². The standard InChI is InChI=1S/C17H23N5OS/c1-12(7-8-13-5-3-2-4-6-13)19-15(23)11-24-17-21-20-16(22(17)18)14-9-10-14/h2-6,12,14H,7-11,18H2,1H3,(H,19,23)/t12-/m1/s1. The lowest BCUT2D eigenvalue weighted by Crippen LogP contribution is -2.34. The van der Waals surface area contributed by atoms with E-state index in [0.29, 0.717) is 16.8 Å². The van der Waals surface area contributed by atoms with Crippen LogP contribution in [0, 0.1) is 0 Å². The molecule has 0 spiro atoms. The maximum absolute atomic E-state index is 12.1. The lowest BCUT2D eigenvalue weighted by atomic mass is 10.1. The van der Waals surface area contributed by atoms with Crippen LogP contribution in [-0.2, 0) is 11.2 Å². The van der Waals surface area contributed by atoms with Crippen molar-refractivity contribution in [2.75, 3.05) is 11.6 Å². The van der Waals surface area contributed by atoms with E-state index >= 15 is 0 Å². The number of nitrogens with zero attached hydrogens (tertiary/aromatic N) is 3. The maximum atomic E-state index is 12.1. The molecule has 0 saturated heterocycles. The van der Waals surface area contributed by atoms with Gasteiger partial charge in [-0.3, -0.25) is 4.79 Å². The molecule has 3 rings (SSSR count). The van der Waals surface area contributed by atoms with Crippen molar-refractivity contribution in [1.82, 2.24) is 20.2 Å². The normalized spacial score (nSPS) is 15.2. The first-order valence-electron chi connectivity index (χ1n) is 8.30. The van der Waals surface area contributed by atoms with E-state index in [4.69, 9.17) is 5.84 Å². The quantitative estimate of drug-likeness (QED) is 0.565. The number of carbonyl (C=O) groups excluding carboxylic acids is 1. The number of aromatic nitrogens is 3. The maximum Gasteiger partial charge on any atom is 0.230 e. The third-order valence-corrected chi connectivity index (χ3v) is 5.03. The topological polar surface area (TPSA) is 85.8 Å². The minimum absolute atomic E-state index is 0.00321. The van der Waals surface area contributed by atoms with Crippen molar-refractivity contribution in [3.63, 3.8) is 0 Å². The summed E-state index contributed by atoms with van der Waals surface area (Å²) in [5.41, 5.74) is 1.29. The summed E-state index contributed by atoms with van der Waals surface area (Å²) in [6.07, 6.45) is 4.12. The van der Waals surface area contributed by atoms with Crippen LogP contribution >= 0.6 is 11.8 Å². The zero-order chi connectivity index (χ0) is 16.9. The van der Waals surface area contributed by atoms with Crippen LogP contribution in [0.2, 0.25) is 0 Å². The number of thioether (sulfide) groups is 1. The molecule has 0 unspecified atom stereocenters. The Morgan fingerprint density at radius 2 is 2.12 bits per heavy atom. The molecular formula is C17H23N5OS. The van der Waals surface area contributed by atoms with Crippen LogP contribution in [0.3, 0.4) is 0 Å². The summed E-state index contributed by atoms with van der Waals surface area (Å²) in [4.78, 5) is 12.1. The van der Waals surface area contributed by atoms with Gasteiger partial charge in [-0.2, -0.15) is 0 Å². The molecule has 1 saturated carbocycles. The number of amides is 1. The average molecular weight is 345 g/mol. The Morgan fingerprint density at radius 1 is 1.38 bits per heavy atom. The van der Waals surface area contributed by atoms with Gasteiger partial charge in [-0.15, -0.1) is 10.2 Å². The molecular weight excluding hydrogens is 322 g/mol. The van der Waals surface area contributed by atoms with Gasteiger partial charge in [-0.05, 0) is 38.2 Å². The second-order valence-corrected chi connectivity index (χ2v) is 7.21. The SMILES string of the molecule is C[C@H](CCc1ccccc1)NC(=O)CSc1nnc(C2CC2)n1N. The number of hydrogen-bond acceptors (Lipinski definition) is 5. The van der Waals surface area contributed by atoms with Gasteiger partial charge in [0.15, 0.2) is 5.82 Å². The molecule has 1 fully saturated rings. The van der Waals surface area contributed by atoms with Crippen LogP contribution in [0.4, 0.5) is 0 Å². The summed E-state index contributed by atoms with van der Waals surface area (Å²) in [5.74, 6) is 7.56. The Kier molecular flexibility index (Phi) is 5.40. The molecule has 1 atom stereocenters. The molecule has 1 amide bonds. The fourth-order valence-corrected chi connectivity index (χ4v) is 3.23. The van der Waals surface area contributed by atoms with Crippen LogP contribution < -0.4 is 11.2 Å². The van der Waals surface area contributed by atoms with Crippen molar-refractivity contribution in [3.8, 4) is 0 Å². The lowest BCUT2D eigenvalue weighted by Gasteiger charge is -2.13. The highest BCUT2D eigenvalue weighted by molar-refractivity contribution is 7.99. The van der Waals surface area contributed by atoms with Crippen LogP contribution in [0.1, 0.15) is 43.5 Å². The molecule has 3 N–H and O–H groups in total. The van der Waals surface area contributed by atoms with Gasteiger partial charge >= 0.3 is 0 Å². The summed E-state index contributed by atoms with van der Waals surface area (Å²) in [6.45, 7) is 2.03. The number of rotatable bonds is 8. The van der Waals surface area contributed by atoms with Crippen LogP contribution in [-0.4, -0.2) is 32.6 Å². The molecule has 1 aliphatic carbocycles. The average Bonchev–Trinajstić information content (AvgIpc) is 3.36. The predicted molar refractivity (Wildman–Crippen MR) is 95.2 cm³/mol. The highest BCUT2D eigenvalue weighted by Gasteiger charge is 2.30. The molecule has 7 heteroatoms. The van der Waals surface area contributed by atoms with Crippen molar-refractivity contribution < 1.29 is 4.79 Å². The smallest absolute Gasteiger partial charge is 0.230 e. The number of nitrogen functional groups attached to an aromatic ring is 1. The highest BCUT2D eigenvalue weighted by Crippen LogP contribution is 2.39. The first kappa shape index (κ1) is 16.8. The number of nitrogens with two attached hydrogens (primary N) is 1. The Balaban J connectivity index is 1.40. The molecule has 1 aromatic heterocycles. The molecule has 6 nitrogen and oxygen atoms in total. The molecule has 1 aliphatic rings. The number of aryl methyl sites for hydroxylation is 1. The van der Waals surface area contributed by atoms with Crippen molar-refractivity contribution in [2.45, 2.75) is 49.7 Å². The summed E-state index contributed by atoms with van der Waals surface area (Å²) >= 11 is 1.33. The molecule has 1 aromatic carbocycles. The van der Waals surface area contributed by atoms with Gasteiger partial charge in [0.25, 0.3) is 0 Å². The van der Waals surface area contributed by atoms with E-state index in [0.717, 1.165) is 31.5 Å². The minimum Gasteiger partial charge on any atom is -0.353 e. The van der Waals surface area contributed by atoms with E-state index in [-0.39, 0.29) is 11.9 Å². The number of nitrogens with one attached hydrogen (secondary N) is 1. The highest BCUT2D eigenvalue weighted by atomic mass is 32.2. The van der Waals surface area contributed by atoms with Gasteiger partial charge < -0.3 is 11.2 Å². The third-order valence-electron chi connectivity index (χ3n) is 4.08. The molecule has 2 aromatic rings. The molecule has 1 heterocycles. The van der Waals surface area contributed by atoms with E-state index < -0.39 is 0 Å². The third kappa shape index (κ3) is 4.50.